The van der Waals surface area contributed by atoms with Crippen LogP contribution in [0.4, 0.5) is 4.39 Å². The van der Waals surface area contributed by atoms with Crippen LogP contribution in [-0.2, 0) is 0 Å². The number of rotatable bonds is 7. The van der Waals surface area contributed by atoms with Crippen molar-refractivity contribution >= 4 is 40.9 Å². The molecule has 0 saturated heterocycles. The van der Waals surface area contributed by atoms with Crippen molar-refractivity contribution in [2.45, 2.75) is 70.6 Å². The van der Waals surface area contributed by atoms with Gasteiger partial charge in [0.25, 0.3) is 5.91 Å². The van der Waals surface area contributed by atoms with E-state index >= 15 is 0 Å². The number of nitrogens with one attached hydrogen (secondary N) is 2. The minimum Gasteiger partial charge on any atom is -0.351 e. The summed E-state index contributed by atoms with van der Waals surface area (Å²) in [5, 5.41) is 11.0. The van der Waals surface area contributed by atoms with Crippen molar-refractivity contribution < 1.29 is 9.18 Å². The van der Waals surface area contributed by atoms with Crippen LogP contribution in [0, 0.1) is 11.2 Å². The number of amides is 1. The highest BCUT2D eigenvalue weighted by Gasteiger charge is 2.33. The molecule has 2 aromatic rings. The average molecular weight is 478 g/mol. The van der Waals surface area contributed by atoms with Crippen LogP contribution in [0.15, 0.2) is 35.5 Å². The molecule has 1 aromatic heterocycles. The lowest BCUT2D eigenvalue weighted by Crippen LogP contribution is -2.51. The number of aliphatic imine (C=N–C) groups is 1. The number of benzene rings is 1. The number of thiazole rings is 1. The third-order valence-corrected chi connectivity index (χ3v) is 6.64. The number of hydrogen-bond donors (Lipinski definition) is 2. The standard InChI is InChI=1S/C23H29ClFN5OS/c1-14(2)30(21(28-15(3)12-26)18-9-4-5-10-19(18)25)17-8-6-7-16(11-17)29-22(31)23-27-13-20(24)32-23/h4-5,9-10,12-17,26H,6-8,11H2,1-3H3,(H,29,31)/t15?,16-,17+/m0/s1. The summed E-state index contributed by atoms with van der Waals surface area (Å²) >= 11 is 7.08. The van der Waals surface area contributed by atoms with Crippen LogP contribution >= 0.6 is 22.9 Å². The zero-order valence-electron chi connectivity index (χ0n) is 18.5. The summed E-state index contributed by atoms with van der Waals surface area (Å²) < 4.78 is 15.3. The molecule has 0 spiro atoms. The molecule has 3 rings (SSSR count). The van der Waals surface area contributed by atoms with Crippen LogP contribution in [0.1, 0.15) is 61.8 Å². The van der Waals surface area contributed by atoms with E-state index in [-0.39, 0.29) is 35.9 Å². The maximum absolute atomic E-state index is 14.8. The van der Waals surface area contributed by atoms with Crippen LogP contribution in [-0.4, -0.2) is 52.0 Å². The Morgan fingerprint density at radius 3 is 2.75 bits per heavy atom. The summed E-state index contributed by atoms with van der Waals surface area (Å²) in [6, 6.07) is 6.36. The summed E-state index contributed by atoms with van der Waals surface area (Å²) in [5.41, 5.74) is 0.429. The van der Waals surface area contributed by atoms with Gasteiger partial charge in [0.05, 0.1) is 17.8 Å². The minimum atomic E-state index is -0.375. The van der Waals surface area contributed by atoms with Gasteiger partial charge in [-0.15, -0.1) is 0 Å². The molecule has 1 fully saturated rings. The van der Waals surface area contributed by atoms with E-state index in [0.717, 1.165) is 37.0 Å². The molecule has 1 aliphatic carbocycles. The maximum Gasteiger partial charge on any atom is 0.280 e. The molecule has 9 heteroatoms. The first-order valence-electron chi connectivity index (χ1n) is 10.8. The lowest BCUT2D eigenvalue weighted by atomic mass is 9.88. The second-order valence-electron chi connectivity index (χ2n) is 8.30. The Kier molecular flexibility index (Phi) is 8.37. The van der Waals surface area contributed by atoms with Crippen molar-refractivity contribution in [3.8, 4) is 0 Å². The highest BCUT2D eigenvalue weighted by Crippen LogP contribution is 2.28. The van der Waals surface area contributed by atoms with E-state index in [2.05, 4.69) is 29.0 Å². The highest BCUT2D eigenvalue weighted by molar-refractivity contribution is 7.17. The Morgan fingerprint density at radius 1 is 1.38 bits per heavy atom. The minimum absolute atomic E-state index is 0.0211. The van der Waals surface area contributed by atoms with Gasteiger partial charge in [-0.2, -0.15) is 0 Å². The van der Waals surface area contributed by atoms with Gasteiger partial charge in [-0.3, -0.25) is 9.79 Å². The number of aromatic nitrogens is 1. The Morgan fingerprint density at radius 2 is 2.12 bits per heavy atom. The fourth-order valence-corrected chi connectivity index (χ4v) is 4.96. The lowest BCUT2D eigenvalue weighted by molar-refractivity contribution is 0.0909. The molecule has 1 heterocycles. The second-order valence-corrected chi connectivity index (χ2v) is 9.96. The highest BCUT2D eigenvalue weighted by atomic mass is 35.5. The van der Waals surface area contributed by atoms with Gasteiger partial charge in [0.2, 0.25) is 0 Å². The number of halogens is 2. The molecule has 1 amide bonds. The first-order chi connectivity index (χ1) is 15.3. The number of nitrogens with zero attached hydrogens (tertiary/aromatic N) is 3. The van der Waals surface area contributed by atoms with Gasteiger partial charge in [-0.05, 0) is 58.6 Å². The predicted octanol–water partition coefficient (Wildman–Crippen LogP) is 5.17. The first kappa shape index (κ1) is 24.3. The lowest BCUT2D eigenvalue weighted by Gasteiger charge is -2.42. The van der Waals surface area contributed by atoms with Gasteiger partial charge < -0.3 is 15.6 Å². The topological polar surface area (TPSA) is 81.4 Å². The van der Waals surface area contributed by atoms with Gasteiger partial charge in [0.1, 0.15) is 16.0 Å². The van der Waals surface area contributed by atoms with Gasteiger partial charge in [-0.1, -0.05) is 35.1 Å². The van der Waals surface area contributed by atoms with Crippen LogP contribution in [0.5, 0.6) is 0 Å². The molecule has 0 bridgehead atoms. The third-order valence-electron chi connectivity index (χ3n) is 5.53. The van der Waals surface area contributed by atoms with Gasteiger partial charge in [0.15, 0.2) is 5.01 Å². The van der Waals surface area contributed by atoms with Crippen molar-refractivity contribution in [3.63, 3.8) is 0 Å². The number of amidine groups is 1. The summed E-state index contributed by atoms with van der Waals surface area (Å²) in [6.07, 6.45) is 6.17. The molecule has 0 radical (unpaired) electrons. The van der Waals surface area contributed by atoms with Crippen molar-refractivity contribution in [1.29, 1.82) is 5.41 Å². The Hall–Kier alpha value is -2.32. The largest absolute Gasteiger partial charge is 0.351 e. The van der Waals surface area contributed by atoms with Crippen LogP contribution in [0.2, 0.25) is 4.34 Å². The van der Waals surface area contributed by atoms with E-state index < -0.39 is 0 Å². The molecule has 6 nitrogen and oxygen atoms in total. The molecule has 1 saturated carbocycles. The summed E-state index contributed by atoms with van der Waals surface area (Å²) in [7, 11) is 0. The molecule has 0 aliphatic heterocycles. The van der Waals surface area contributed by atoms with Gasteiger partial charge in [-0.25, -0.2) is 9.37 Å². The van der Waals surface area contributed by atoms with Gasteiger partial charge >= 0.3 is 0 Å². The normalized spacial score (nSPS) is 20.1. The number of hydrogen-bond acceptors (Lipinski definition) is 5. The van der Waals surface area contributed by atoms with E-state index in [4.69, 9.17) is 22.0 Å². The zero-order valence-corrected chi connectivity index (χ0v) is 20.1. The average Bonchev–Trinajstić information content (AvgIpc) is 3.20. The quantitative estimate of drug-likeness (QED) is 0.426. The van der Waals surface area contributed by atoms with E-state index in [9.17, 15) is 9.18 Å². The van der Waals surface area contributed by atoms with Crippen molar-refractivity contribution in [2.24, 2.45) is 4.99 Å². The monoisotopic (exact) mass is 477 g/mol. The van der Waals surface area contributed by atoms with Gasteiger partial charge in [0, 0.05) is 24.3 Å². The molecular weight excluding hydrogens is 449 g/mol. The molecule has 1 aromatic carbocycles. The summed E-state index contributed by atoms with van der Waals surface area (Å²) in [6.45, 7) is 5.94. The van der Waals surface area contributed by atoms with E-state index in [1.165, 1.54) is 18.5 Å². The second kappa shape index (κ2) is 11.0. The molecule has 3 atom stereocenters. The molecule has 172 valence electrons. The van der Waals surface area contributed by atoms with Crippen molar-refractivity contribution in [3.05, 3.63) is 51.2 Å². The molecule has 1 aliphatic rings. The third kappa shape index (κ3) is 5.92. The molecular formula is C23H29ClFN5OS. The maximum atomic E-state index is 14.8. The SMILES string of the molecule is CC(C=N)N=C(c1ccccc1F)N(C(C)C)[C@@H]1CCC[C@H](NC(=O)c2ncc(Cl)s2)C1. The van der Waals surface area contributed by atoms with Crippen LogP contribution in [0.25, 0.3) is 0 Å². The molecule has 1 unspecified atom stereocenters. The fraction of sp³-hybridized carbons (Fsp3) is 0.478. The smallest absolute Gasteiger partial charge is 0.280 e. The Labute approximate surface area is 197 Å². The Balaban J connectivity index is 1.86. The van der Waals surface area contributed by atoms with Crippen molar-refractivity contribution in [2.75, 3.05) is 0 Å². The first-order valence-corrected chi connectivity index (χ1v) is 12.0. The summed E-state index contributed by atoms with van der Waals surface area (Å²) in [5.74, 6) is -0.00255. The van der Waals surface area contributed by atoms with E-state index in [1.807, 2.05) is 6.92 Å². The van der Waals surface area contributed by atoms with Crippen LogP contribution in [0.3, 0.4) is 0 Å². The van der Waals surface area contributed by atoms with Crippen LogP contribution < -0.4 is 5.32 Å². The number of carbonyl (C=O) groups is 1. The van der Waals surface area contributed by atoms with Crippen molar-refractivity contribution in [1.82, 2.24) is 15.2 Å². The van der Waals surface area contributed by atoms with E-state index in [1.54, 1.807) is 18.2 Å². The number of carbonyl (C=O) groups excluding carboxylic acids is 1. The summed E-state index contributed by atoms with van der Waals surface area (Å²) in [4.78, 5) is 23.5. The molecule has 2 N–H and O–H groups in total. The predicted molar refractivity (Wildman–Crippen MR) is 129 cm³/mol. The van der Waals surface area contributed by atoms with E-state index in [0.29, 0.717) is 20.7 Å². The fourth-order valence-electron chi connectivity index (χ4n) is 4.14. The zero-order chi connectivity index (χ0) is 23.3. The molecule has 32 heavy (non-hydrogen) atoms. The Bertz CT molecular complexity index is 979.